The number of benzene rings is 2. The van der Waals surface area contributed by atoms with E-state index >= 15 is 0 Å². The van der Waals surface area contributed by atoms with Gasteiger partial charge in [0.25, 0.3) is 15.1 Å². The highest BCUT2D eigenvalue weighted by Gasteiger charge is 2.14. The van der Waals surface area contributed by atoms with Crippen LogP contribution in [0.25, 0.3) is 10.8 Å². The van der Waals surface area contributed by atoms with Crippen molar-refractivity contribution in [3.05, 3.63) is 48.5 Å². The van der Waals surface area contributed by atoms with Gasteiger partial charge in [-0.15, -0.1) is 12.2 Å². The highest BCUT2D eigenvalue weighted by atomic mass is 15.0. The van der Waals surface area contributed by atoms with E-state index in [-0.39, 0.29) is 6.98 Å². The van der Waals surface area contributed by atoms with Gasteiger partial charge in [-0.25, -0.2) is 0 Å². The lowest BCUT2D eigenvalue weighted by molar-refractivity contribution is 1.26. The van der Waals surface area contributed by atoms with E-state index in [2.05, 4.69) is 69.8 Å². The standard InChI is InChI=1S/C10H8.C2H6B3N3/c1-2-6-10-8-4-3-7-9(10)5-1;1-2-5-7-3-6-4-8-5/h1-8H;1,3-4,6-8H. The van der Waals surface area contributed by atoms with E-state index in [9.17, 15) is 0 Å². The van der Waals surface area contributed by atoms with Gasteiger partial charge in [-0.1, -0.05) is 48.5 Å². The van der Waals surface area contributed by atoms with Gasteiger partial charge in [0.05, 0.1) is 0 Å². The lowest BCUT2D eigenvalue weighted by atomic mass is 9.67. The third kappa shape index (κ3) is 3.68. The Morgan fingerprint density at radius 1 is 0.889 bits per heavy atom. The maximum Gasteiger partial charge on any atom is 0.373 e. The molecular weight excluding hydrogens is 219 g/mol. The summed E-state index contributed by atoms with van der Waals surface area (Å²) in [5, 5.41) is 11.7. The molecule has 0 bridgehead atoms. The predicted octanol–water partition coefficient (Wildman–Crippen LogP) is -0.198. The molecule has 1 aliphatic rings. The summed E-state index contributed by atoms with van der Waals surface area (Å²) in [5.41, 5.74) is 0. The van der Waals surface area contributed by atoms with Gasteiger partial charge in [0.1, 0.15) is 0 Å². The van der Waals surface area contributed by atoms with Gasteiger partial charge in [0, 0.05) is 0 Å². The summed E-state index contributed by atoms with van der Waals surface area (Å²) >= 11 is 0. The van der Waals surface area contributed by atoms with Crippen LogP contribution in [-0.2, 0) is 0 Å². The Bertz CT molecular complexity index is 470. The molecule has 0 radical (unpaired) electrons. The van der Waals surface area contributed by atoms with Crippen molar-refractivity contribution in [3.63, 3.8) is 0 Å². The van der Waals surface area contributed by atoms with Gasteiger partial charge in [-0.3, -0.25) is 0 Å². The zero-order chi connectivity index (χ0) is 12.6. The maximum atomic E-state index is 5.10. The summed E-state index contributed by atoms with van der Waals surface area (Å²) in [7, 11) is 1.59. The van der Waals surface area contributed by atoms with Crippen LogP contribution in [0.3, 0.4) is 0 Å². The lowest BCUT2D eigenvalue weighted by Gasteiger charge is -2.15. The van der Waals surface area contributed by atoms with Gasteiger partial charge in [-0.2, -0.15) is 0 Å². The van der Waals surface area contributed by atoms with Crippen LogP contribution in [0.1, 0.15) is 0 Å². The zero-order valence-electron chi connectivity index (χ0n) is 10.2. The summed E-state index contributed by atoms with van der Waals surface area (Å²) in [6.07, 6.45) is 5.10. The molecule has 1 saturated heterocycles. The van der Waals surface area contributed by atoms with E-state index in [0.717, 1.165) is 15.1 Å². The van der Waals surface area contributed by atoms with Gasteiger partial charge in [-0.05, 0) is 10.8 Å². The van der Waals surface area contributed by atoms with E-state index in [1.54, 1.807) is 0 Å². The first kappa shape index (κ1) is 12.8. The minimum Gasteiger partial charge on any atom is -0.378 e. The molecule has 18 heavy (non-hydrogen) atoms. The molecule has 86 valence electrons. The molecule has 0 unspecified atom stereocenters. The Labute approximate surface area is 109 Å². The SMILES string of the molecule is C#CB1NBNBN1.c1ccc2ccccc2c1. The summed E-state index contributed by atoms with van der Waals surface area (Å²) < 4.78 is 0. The molecule has 1 heterocycles. The highest BCUT2D eigenvalue weighted by Crippen LogP contribution is 2.11. The number of rotatable bonds is 0. The third-order valence-electron chi connectivity index (χ3n) is 2.69. The molecule has 2 aromatic rings. The topological polar surface area (TPSA) is 36.1 Å². The Hall–Kier alpha value is -1.67. The molecule has 2 aromatic carbocycles. The first-order chi connectivity index (χ1) is 8.90. The van der Waals surface area contributed by atoms with Gasteiger partial charge >= 0.3 is 6.98 Å². The first-order valence-corrected chi connectivity index (χ1v) is 5.97. The van der Waals surface area contributed by atoms with Crippen LogP contribution < -0.4 is 15.4 Å². The van der Waals surface area contributed by atoms with Crippen molar-refractivity contribution >= 4 is 32.9 Å². The van der Waals surface area contributed by atoms with E-state index in [1.807, 2.05) is 0 Å². The summed E-state index contributed by atoms with van der Waals surface area (Å²) in [6, 6.07) is 16.7. The smallest absolute Gasteiger partial charge is 0.373 e. The molecule has 6 heteroatoms. The average molecular weight is 233 g/mol. The number of hydrogen-bond donors (Lipinski definition) is 3. The van der Waals surface area contributed by atoms with Crippen molar-refractivity contribution in [1.29, 1.82) is 0 Å². The monoisotopic (exact) mass is 233 g/mol. The van der Waals surface area contributed by atoms with E-state index in [0.29, 0.717) is 0 Å². The first-order valence-electron chi connectivity index (χ1n) is 5.97. The molecule has 0 atom stereocenters. The van der Waals surface area contributed by atoms with Crippen molar-refractivity contribution in [2.24, 2.45) is 0 Å². The minimum atomic E-state index is 0.0521. The number of fused-ring (bicyclic) bond motifs is 1. The molecule has 1 aliphatic heterocycles. The third-order valence-corrected chi connectivity index (χ3v) is 2.69. The van der Waals surface area contributed by atoms with Crippen LogP contribution in [0.4, 0.5) is 0 Å². The summed E-state index contributed by atoms with van der Waals surface area (Å²) in [5.74, 6) is 2.54. The molecule has 3 N–H and O–H groups in total. The Balaban J connectivity index is 0.000000138. The molecule has 0 amide bonds. The van der Waals surface area contributed by atoms with Gasteiger partial charge in [0.2, 0.25) is 0 Å². The molecule has 0 spiro atoms. The van der Waals surface area contributed by atoms with Crippen LogP contribution in [0, 0.1) is 12.2 Å². The molecule has 3 nitrogen and oxygen atoms in total. The van der Waals surface area contributed by atoms with Gasteiger partial charge < -0.3 is 15.4 Å². The van der Waals surface area contributed by atoms with Crippen LogP contribution in [-0.4, -0.2) is 22.1 Å². The normalized spacial score (nSPS) is 13.6. The van der Waals surface area contributed by atoms with Crippen LogP contribution >= 0.6 is 0 Å². The van der Waals surface area contributed by atoms with Crippen molar-refractivity contribution in [3.8, 4) is 12.2 Å². The quantitative estimate of drug-likeness (QED) is 0.435. The van der Waals surface area contributed by atoms with Crippen molar-refractivity contribution < 1.29 is 0 Å². The number of hydrogen-bond acceptors (Lipinski definition) is 3. The largest absolute Gasteiger partial charge is 0.378 e. The molecule has 3 rings (SSSR count). The zero-order valence-corrected chi connectivity index (χ0v) is 10.2. The number of terminal acetylenes is 1. The Morgan fingerprint density at radius 2 is 1.33 bits per heavy atom. The van der Waals surface area contributed by atoms with E-state index in [4.69, 9.17) is 6.42 Å². The van der Waals surface area contributed by atoms with Crippen molar-refractivity contribution in [2.75, 3.05) is 0 Å². The Kier molecular flexibility index (Phi) is 4.92. The second-order valence-electron chi connectivity index (χ2n) is 3.96. The predicted molar refractivity (Wildman–Crippen MR) is 82.2 cm³/mol. The second kappa shape index (κ2) is 6.92. The highest BCUT2D eigenvalue weighted by molar-refractivity contribution is 6.79. The summed E-state index contributed by atoms with van der Waals surface area (Å²) in [4.78, 5) is 0. The van der Waals surface area contributed by atoms with Crippen LogP contribution in [0.15, 0.2) is 48.5 Å². The molecule has 0 aromatic heterocycles. The average Bonchev–Trinajstić information content (AvgIpc) is 2.49. The summed E-state index contributed by atoms with van der Waals surface area (Å²) in [6.45, 7) is 0.0521. The molecule has 1 fully saturated rings. The molecule has 0 saturated carbocycles. The molecule has 0 aliphatic carbocycles. The van der Waals surface area contributed by atoms with Crippen molar-refractivity contribution in [1.82, 2.24) is 15.4 Å². The lowest BCUT2D eigenvalue weighted by Crippen LogP contribution is -2.62. The fourth-order valence-corrected chi connectivity index (χ4v) is 1.73. The van der Waals surface area contributed by atoms with E-state index < -0.39 is 0 Å². The second-order valence-corrected chi connectivity index (χ2v) is 3.96. The fourth-order valence-electron chi connectivity index (χ4n) is 1.73. The van der Waals surface area contributed by atoms with Gasteiger partial charge in [0.15, 0.2) is 0 Å². The maximum absolute atomic E-state index is 5.10. The van der Waals surface area contributed by atoms with E-state index in [1.165, 1.54) is 10.8 Å². The van der Waals surface area contributed by atoms with Crippen LogP contribution in [0.5, 0.6) is 0 Å². The number of nitrogens with one attached hydrogen (secondary N) is 3. The molecular formula is C12H14B3N3. The van der Waals surface area contributed by atoms with Crippen LogP contribution in [0.2, 0.25) is 0 Å². The Morgan fingerprint density at radius 3 is 1.67 bits per heavy atom. The fraction of sp³-hybridized carbons (Fsp3) is 0. The van der Waals surface area contributed by atoms with Crippen molar-refractivity contribution in [2.45, 2.75) is 0 Å². The minimum absolute atomic E-state index is 0.0521.